The first-order valence-electron chi connectivity index (χ1n) is 11.6. The highest BCUT2D eigenvalue weighted by molar-refractivity contribution is 6.74. The van der Waals surface area contributed by atoms with Crippen LogP contribution in [-0.4, -0.2) is 45.0 Å². The number of nitrogens with zero attached hydrogens (tertiary/aromatic N) is 1. The number of nitro benzene ring substituents is 1. The molecule has 0 aliphatic rings. The van der Waals surface area contributed by atoms with E-state index < -0.39 is 37.2 Å². The highest BCUT2D eigenvalue weighted by Gasteiger charge is 2.40. The van der Waals surface area contributed by atoms with Crippen LogP contribution in [-0.2, 0) is 18.7 Å². The summed E-state index contributed by atoms with van der Waals surface area (Å²) in [5, 5.41) is 10.9. The summed E-state index contributed by atoms with van der Waals surface area (Å²) in [7, 11) is -0.875. The molecule has 0 bridgehead atoms. The van der Waals surface area contributed by atoms with Crippen molar-refractivity contribution >= 4 is 25.9 Å². The molecule has 0 heterocycles. The zero-order chi connectivity index (χ0) is 26.1. The molecule has 190 valence electrons. The Morgan fingerprint density at radius 1 is 1.15 bits per heavy atom. The van der Waals surface area contributed by atoms with Crippen LogP contribution in [0.5, 0.6) is 0 Å². The molecule has 0 spiro atoms. The molecule has 0 saturated heterocycles. The van der Waals surface area contributed by atoms with Gasteiger partial charge in [0.1, 0.15) is 6.10 Å². The van der Waals surface area contributed by atoms with E-state index in [0.717, 1.165) is 19.3 Å². The van der Waals surface area contributed by atoms with Crippen molar-refractivity contribution in [2.45, 2.75) is 77.6 Å². The van der Waals surface area contributed by atoms with Crippen LogP contribution in [0.1, 0.15) is 63.7 Å². The summed E-state index contributed by atoms with van der Waals surface area (Å²) in [5.74, 6) is -1.78. The largest absolute Gasteiger partial charge is 0.466 e. The molecule has 9 heteroatoms. The molecule has 0 fully saturated rings. The number of carbonyl (C=O) groups is 2. The standard InChI is InChI=1S/C25H39NO7Si/c1-9-10-11-12-22(33-24(28)19-13-15-20(16-14-19)26(29)30)21(18(2)23(27)31-6)17-32-34(7,8)25(3,4)5/h13-16,21-22H,2,9-12,17H2,1,3-8H3/t21-,22+/m1/s1. The average molecular weight is 494 g/mol. The number of esters is 2. The predicted octanol–water partition coefficient (Wildman–Crippen LogP) is 6.07. The van der Waals surface area contributed by atoms with Gasteiger partial charge in [-0.25, -0.2) is 9.59 Å². The van der Waals surface area contributed by atoms with E-state index in [0.29, 0.717) is 6.42 Å². The highest BCUT2D eigenvalue weighted by atomic mass is 28.4. The molecular weight excluding hydrogens is 454 g/mol. The molecule has 34 heavy (non-hydrogen) atoms. The second-order valence-corrected chi connectivity index (χ2v) is 14.7. The third kappa shape index (κ3) is 8.36. The van der Waals surface area contributed by atoms with Crippen LogP contribution >= 0.6 is 0 Å². The van der Waals surface area contributed by atoms with Crippen molar-refractivity contribution in [1.82, 2.24) is 0 Å². The molecule has 0 saturated carbocycles. The smallest absolute Gasteiger partial charge is 0.338 e. The summed E-state index contributed by atoms with van der Waals surface area (Å²) in [6.45, 7) is 16.8. The third-order valence-corrected chi connectivity index (χ3v) is 10.9. The fourth-order valence-corrected chi connectivity index (χ4v) is 4.12. The number of carbonyl (C=O) groups excluding carboxylic acids is 2. The van der Waals surface area contributed by atoms with Crippen LogP contribution in [0.2, 0.25) is 18.1 Å². The average Bonchev–Trinajstić information content (AvgIpc) is 2.77. The van der Waals surface area contributed by atoms with Crippen LogP contribution in [0.3, 0.4) is 0 Å². The predicted molar refractivity (Wildman–Crippen MR) is 134 cm³/mol. The van der Waals surface area contributed by atoms with Crippen molar-refractivity contribution in [2.24, 2.45) is 5.92 Å². The Bertz CT molecular complexity index is 859. The fraction of sp³-hybridized carbons (Fsp3) is 0.600. The quantitative estimate of drug-likeness (QED) is 0.0820. The number of non-ortho nitro benzene ring substituents is 1. The summed E-state index contributed by atoms with van der Waals surface area (Å²) >= 11 is 0. The second kappa shape index (κ2) is 12.8. The topological polar surface area (TPSA) is 105 Å². The maximum atomic E-state index is 12.9. The number of hydrogen-bond donors (Lipinski definition) is 0. The Labute approximate surface area is 203 Å². The first kappa shape index (κ1) is 29.5. The van der Waals surface area contributed by atoms with Gasteiger partial charge in [0.2, 0.25) is 0 Å². The van der Waals surface area contributed by atoms with Crippen LogP contribution in [0.4, 0.5) is 5.69 Å². The van der Waals surface area contributed by atoms with Gasteiger partial charge in [-0.3, -0.25) is 10.1 Å². The number of unbranched alkanes of at least 4 members (excludes halogenated alkanes) is 2. The summed E-state index contributed by atoms with van der Waals surface area (Å²) in [6.07, 6.45) is 2.57. The lowest BCUT2D eigenvalue weighted by Crippen LogP contribution is -2.44. The summed E-state index contributed by atoms with van der Waals surface area (Å²) in [6, 6.07) is 5.24. The van der Waals surface area contributed by atoms with Crippen LogP contribution in [0, 0.1) is 16.0 Å². The van der Waals surface area contributed by atoms with E-state index in [1.165, 1.54) is 31.4 Å². The van der Waals surface area contributed by atoms with Gasteiger partial charge in [-0.2, -0.15) is 0 Å². The van der Waals surface area contributed by atoms with Crippen LogP contribution < -0.4 is 0 Å². The highest BCUT2D eigenvalue weighted by Crippen LogP contribution is 2.37. The molecular formula is C25H39NO7Si. The van der Waals surface area contributed by atoms with Crippen LogP contribution in [0.15, 0.2) is 36.4 Å². The minimum Gasteiger partial charge on any atom is -0.466 e. The molecule has 0 radical (unpaired) electrons. The lowest BCUT2D eigenvalue weighted by atomic mass is 9.91. The van der Waals surface area contributed by atoms with Gasteiger partial charge in [0.25, 0.3) is 5.69 Å². The lowest BCUT2D eigenvalue weighted by Gasteiger charge is -2.38. The van der Waals surface area contributed by atoms with Crippen molar-refractivity contribution < 1.29 is 28.4 Å². The van der Waals surface area contributed by atoms with Gasteiger partial charge in [-0.05, 0) is 43.1 Å². The first-order valence-corrected chi connectivity index (χ1v) is 14.5. The Balaban J connectivity index is 3.23. The van der Waals surface area contributed by atoms with Crippen LogP contribution in [0.25, 0.3) is 0 Å². The van der Waals surface area contributed by atoms with E-state index >= 15 is 0 Å². The second-order valence-electron chi connectivity index (χ2n) is 9.94. The molecule has 8 nitrogen and oxygen atoms in total. The van der Waals surface area contributed by atoms with Gasteiger partial charge in [-0.1, -0.05) is 47.1 Å². The number of methoxy groups -OCH3 is 1. The van der Waals surface area contributed by atoms with E-state index in [-0.39, 0.29) is 28.5 Å². The Kier molecular flexibility index (Phi) is 11.1. The van der Waals surface area contributed by atoms with Gasteiger partial charge in [0.15, 0.2) is 8.32 Å². The molecule has 0 aliphatic carbocycles. The van der Waals surface area contributed by atoms with E-state index in [9.17, 15) is 19.7 Å². The fourth-order valence-electron chi connectivity index (χ4n) is 3.09. The van der Waals surface area contributed by atoms with Crippen molar-refractivity contribution in [3.05, 3.63) is 52.1 Å². The number of hydrogen-bond acceptors (Lipinski definition) is 7. The minimum absolute atomic E-state index is 0.0444. The molecule has 0 amide bonds. The number of benzene rings is 1. The summed E-state index contributed by atoms with van der Waals surface area (Å²) in [5.41, 5.74) is 0.272. The monoisotopic (exact) mass is 493 g/mol. The zero-order valence-electron chi connectivity index (χ0n) is 21.5. The Hall–Kier alpha value is -2.52. The van der Waals surface area contributed by atoms with Gasteiger partial charge in [-0.15, -0.1) is 0 Å². The molecule has 0 aliphatic heterocycles. The summed E-state index contributed by atoms with van der Waals surface area (Å²) < 4.78 is 17.2. The molecule has 1 aromatic rings. The SMILES string of the molecule is C=C(C(=O)OC)[C@@H](CO[Si](C)(C)C(C)(C)C)[C@H](CCCCC)OC(=O)c1ccc([N+](=O)[O-])cc1. The number of nitro groups is 1. The maximum absolute atomic E-state index is 12.9. The van der Waals surface area contributed by atoms with E-state index in [2.05, 4.69) is 47.4 Å². The van der Waals surface area contributed by atoms with Gasteiger partial charge < -0.3 is 13.9 Å². The molecule has 1 aromatic carbocycles. The van der Waals surface area contributed by atoms with Gasteiger partial charge in [0, 0.05) is 30.2 Å². The summed E-state index contributed by atoms with van der Waals surface area (Å²) in [4.78, 5) is 35.7. The number of ether oxygens (including phenoxy) is 2. The van der Waals surface area contributed by atoms with Crippen molar-refractivity contribution in [1.29, 1.82) is 0 Å². The molecule has 0 unspecified atom stereocenters. The normalized spacial score (nSPS) is 13.6. The first-order chi connectivity index (χ1) is 15.7. The molecule has 2 atom stereocenters. The van der Waals surface area contributed by atoms with E-state index in [4.69, 9.17) is 13.9 Å². The zero-order valence-corrected chi connectivity index (χ0v) is 22.5. The van der Waals surface area contributed by atoms with Gasteiger partial charge >= 0.3 is 11.9 Å². The molecule has 1 rings (SSSR count). The molecule has 0 N–H and O–H groups in total. The Morgan fingerprint density at radius 2 is 1.74 bits per heavy atom. The van der Waals surface area contributed by atoms with E-state index in [1.807, 2.05) is 0 Å². The minimum atomic E-state index is -2.16. The molecule has 0 aromatic heterocycles. The van der Waals surface area contributed by atoms with E-state index in [1.54, 1.807) is 0 Å². The Morgan fingerprint density at radius 3 is 2.21 bits per heavy atom. The number of rotatable bonds is 13. The van der Waals surface area contributed by atoms with Crippen molar-refractivity contribution in [2.75, 3.05) is 13.7 Å². The third-order valence-electron chi connectivity index (χ3n) is 6.44. The lowest BCUT2D eigenvalue weighted by molar-refractivity contribution is -0.384. The van der Waals surface area contributed by atoms with Crippen molar-refractivity contribution in [3.63, 3.8) is 0 Å². The van der Waals surface area contributed by atoms with Crippen molar-refractivity contribution in [3.8, 4) is 0 Å². The maximum Gasteiger partial charge on any atom is 0.338 e. The van der Waals surface area contributed by atoms with Gasteiger partial charge in [0.05, 0.1) is 17.6 Å².